The van der Waals surface area contributed by atoms with Crippen LogP contribution in [0.25, 0.3) is 0 Å². The molecule has 4 heteroatoms. The van der Waals surface area contributed by atoms with Gasteiger partial charge in [0.05, 0.1) is 13.2 Å². The molecule has 0 atom stereocenters. The minimum absolute atomic E-state index is 0.188. The number of ether oxygens (including phenoxy) is 1. The standard InChI is InChI=1S/C14H22N2OS/c1-16(9-14(8-15)10-17-11-14)7-12-3-5-13(18-2)6-4-12/h3-6H,7-11,15H2,1-2H3. The first-order valence-corrected chi connectivity index (χ1v) is 7.49. The summed E-state index contributed by atoms with van der Waals surface area (Å²) in [4.78, 5) is 3.65. The van der Waals surface area contributed by atoms with Crippen molar-refractivity contribution < 1.29 is 4.74 Å². The fourth-order valence-corrected chi connectivity index (χ4v) is 2.74. The van der Waals surface area contributed by atoms with Gasteiger partial charge in [0.25, 0.3) is 0 Å². The van der Waals surface area contributed by atoms with Crippen molar-refractivity contribution in [3.63, 3.8) is 0 Å². The van der Waals surface area contributed by atoms with E-state index in [0.717, 1.165) is 26.3 Å². The van der Waals surface area contributed by atoms with Crippen LogP contribution in [0.2, 0.25) is 0 Å². The van der Waals surface area contributed by atoms with Crippen molar-refractivity contribution in [1.29, 1.82) is 0 Å². The third-order valence-corrected chi connectivity index (χ3v) is 4.21. The molecular weight excluding hydrogens is 244 g/mol. The van der Waals surface area contributed by atoms with E-state index in [0.29, 0.717) is 6.54 Å². The lowest BCUT2D eigenvalue weighted by Crippen LogP contribution is -2.54. The van der Waals surface area contributed by atoms with E-state index in [-0.39, 0.29) is 5.41 Å². The van der Waals surface area contributed by atoms with Crippen LogP contribution in [-0.4, -0.2) is 44.5 Å². The molecule has 0 unspecified atom stereocenters. The first-order chi connectivity index (χ1) is 8.67. The number of benzene rings is 1. The summed E-state index contributed by atoms with van der Waals surface area (Å²) >= 11 is 1.78. The summed E-state index contributed by atoms with van der Waals surface area (Å²) in [5.74, 6) is 0. The van der Waals surface area contributed by atoms with Crippen molar-refractivity contribution in [3.05, 3.63) is 29.8 Å². The summed E-state index contributed by atoms with van der Waals surface area (Å²) in [6, 6.07) is 8.77. The molecule has 100 valence electrons. The minimum Gasteiger partial charge on any atom is -0.380 e. The number of hydrogen-bond acceptors (Lipinski definition) is 4. The number of hydrogen-bond donors (Lipinski definition) is 1. The Morgan fingerprint density at radius 1 is 1.33 bits per heavy atom. The van der Waals surface area contributed by atoms with Gasteiger partial charge in [-0.1, -0.05) is 12.1 Å². The second-order valence-electron chi connectivity index (χ2n) is 5.22. The lowest BCUT2D eigenvalue weighted by Gasteiger charge is -2.43. The molecule has 0 amide bonds. The van der Waals surface area contributed by atoms with Gasteiger partial charge in [0.1, 0.15) is 0 Å². The Morgan fingerprint density at radius 2 is 2.00 bits per heavy atom. The maximum atomic E-state index is 5.84. The zero-order chi connectivity index (χ0) is 13.0. The van der Waals surface area contributed by atoms with Crippen LogP contribution in [0.4, 0.5) is 0 Å². The van der Waals surface area contributed by atoms with Crippen LogP contribution >= 0.6 is 11.8 Å². The summed E-state index contributed by atoms with van der Waals surface area (Å²) in [5.41, 5.74) is 7.38. The van der Waals surface area contributed by atoms with E-state index in [2.05, 4.69) is 42.5 Å². The van der Waals surface area contributed by atoms with Gasteiger partial charge >= 0.3 is 0 Å². The van der Waals surface area contributed by atoms with E-state index < -0.39 is 0 Å². The molecule has 2 N–H and O–H groups in total. The molecule has 1 fully saturated rings. The Hall–Kier alpha value is -0.550. The Kier molecular flexibility index (Phi) is 4.67. The normalized spacial score (nSPS) is 17.8. The highest BCUT2D eigenvalue weighted by molar-refractivity contribution is 7.98. The third-order valence-electron chi connectivity index (χ3n) is 3.47. The van der Waals surface area contributed by atoms with Crippen LogP contribution in [0.15, 0.2) is 29.2 Å². The van der Waals surface area contributed by atoms with Crippen molar-refractivity contribution in [1.82, 2.24) is 4.90 Å². The number of nitrogens with zero attached hydrogens (tertiary/aromatic N) is 1. The highest BCUT2D eigenvalue weighted by Crippen LogP contribution is 2.27. The Morgan fingerprint density at radius 3 is 2.44 bits per heavy atom. The van der Waals surface area contributed by atoms with Crippen LogP contribution in [0, 0.1) is 5.41 Å². The van der Waals surface area contributed by atoms with Gasteiger partial charge in [-0.3, -0.25) is 0 Å². The summed E-state index contributed by atoms with van der Waals surface area (Å²) in [5, 5.41) is 0. The van der Waals surface area contributed by atoms with E-state index >= 15 is 0 Å². The molecule has 1 saturated heterocycles. The first kappa shape index (κ1) is 13.9. The number of rotatable bonds is 6. The van der Waals surface area contributed by atoms with Crippen LogP contribution in [0.1, 0.15) is 5.56 Å². The highest BCUT2D eigenvalue weighted by atomic mass is 32.2. The maximum Gasteiger partial charge on any atom is 0.0569 e. The van der Waals surface area contributed by atoms with Gasteiger partial charge in [0, 0.05) is 29.9 Å². The van der Waals surface area contributed by atoms with Gasteiger partial charge in [-0.2, -0.15) is 0 Å². The molecule has 1 heterocycles. The lowest BCUT2D eigenvalue weighted by atomic mass is 9.85. The molecular formula is C14H22N2OS. The van der Waals surface area contributed by atoms with Crippen LogP contribution < -0.4 is 5.73 Å². The SMILES string of the molecule is CSc1ccc(CN(C)CC2(CN)COC2)cc1. The van der Waals surface area contributed by atoms with E-state index in [1.54, 1.807) is 11.8 Å². The largest absolute Gasteiger partial charge is 0.380 e. The lowest BCUT2D eigenvalue weighted by molar-refractivity contribution is -0.118. The van der Waals surface area contributed by atoms with Gasteiger partial charge in [-0.15, -0.1) is 11.8 Å². The molecule has 1 aliphatic heterocycles. The highest BCUT2D eigenvalue weighted by Gasteiger charge is 2.38. The number of nitrogens with two attached hydrogens (primary N) is 1. The van der Waals surface area contributed by atoms with Crippen LogP contribution in [-0.2, 0) is 11.3 Å². The van der Waals surface area contributed by atoms with Crippen molar-refractivity contribution >= 4 is 11.8 Å². The predicted octanol–water partition coefficient (Wildman–Crippen LogP) is 1.82. The minimum atomic E-state index is 0.188. The average Bonchev–Trinajstić information content (AvgIpc) is 2.35. The van der Waals surface area contributed by atoms with Crippen LogP contribution in [0.3, 0.4) is 0 Å². The molecule has 1 aliphatic rings. The van der Waals surface area contributed by atoms with Gasteiger partial charge < -0.3 is 15.4 Å². The topological polar surface area (TPSA) is 38.5 Å². The van der Waals surface area contributed by atoms with E-state index in [1.807, 2.05) is 0 Å². The predicted molar refractivity (Wildman–Crippen MR) is 76.9 cm³/mol. The molecule has 0 radical (unpaired) electrons. The smallest absolute Gasteiger partial charge is 0.0569 e. The van der Waals surface area contributed by atoms with Crippen molar-refractivity contribution in [2.45, 2.75) is 11.4 Å². The van der Waals surface area contributed by atoms with Gasteiger partial charge in [0.15, 0.2) is 0 Å². The molecule has 0 aliphatic carbocycles. The fraction of sp³-hybridized carbons (Fsp3) is 0.571. The molecule has 0 aromatic heterocycles. The van der Waals surface area contributed by atoms with E-state index in [1.165, 1.54) is 10.5 Å². The summed E-state index contributed by atoms with van der Waals surface area (Å²) < 4.78 is 5.30. The monoisotopic (exact) mass is 266 g/mol. The Labute approximate surface area is 114 Å². The summed E-state index contributed by atoms with van der Waals surface area (Å²) in [6.07, 6.45) is 2.10. The second kappa shape index (κ2) is 6.06. The van der Waals surface area contributed by atoms with Crippen molar-refractivity contribution in [3.8, 4) is 0 Å². The summed E-state index contributed by atoms with van der Waals surface area (Å²) in [7, 11) is 2.15. The quantitative estimate of drug-likeness (QED) is 0.797. The molecule has 0 saturated carbocycles. The molecule has 18 heavy (non-hydrogen) atoms. The molecule has 2 rings (SSSR count). The van der Waals surface area contributed by atoms with Crippen LogP contribution in [0.5, 0.6) is 0 Å². The Balaban J connectivity index is 1.88. The molecule has 1 aromatic rings. The summed E-state index contributed by atoms with van der Waals surface area (Å²) in [6.45, 7) is 4.30. The maximum absolute atomic E-state index is 5.84. The average molecular weight is 266 g/mol. The molecule has 3 nitrogen and oxygen atoms in total. The second-order valence-corrected chi connectivity index (χ2v) is 6.10. The number of thioether (sulfide) groups is 1. The van der Waals surface area contributed by atoms with Gasteiger partial charge in [-0.05, 0) is 31.0 Å². The zero-order valence-electron chi connectivity index (χ0n) is 11.2. The fourth-order valence-electron chi connectivity index (χ4n) is 2.34. The third kappa shape index (κ3) is 3.26. The Bertz CT molecular complexity index is 370. The molecule has 1 aromatic carbocycles. The van der Waals surface area contributed by atoms with Crippen molar-refractivity contribution in [2.75, 3.05) is 39.6 Å². The van der Waals surface area contributed by atoms with E-state index in [4.69, 9.17) is 10.5 Å². The first-order valence-electron chi connectivity index (χ1n) is 6.27. The van der Waals surface area contributed by atoms with Crippen molar-refractivity contribution in [2.24, 2.45) is 11.1 Å². The van der Waals surface area contributed by atoms with E-state index in [9.17, 15) is 0 Å². The van der Waals surface area contributed by atoms with Gasteiger partial charge in [0.2, 0.25) is 0 Å². The van der Waals surface area contributed by atoms with Gasteiger partial charge in [-0.25, -0.2) is 0 Å². The molecule has 0 bridgehead atoms. The molecule has 0 spiro atoms. The zero-order valence-corrected chi connectivity index (χ0v) is 12.0.